The van der Waals surface area contributed by atoms with Crippen molar-refractivity contribution >= 4 is 23.6 Å². The first-order valence-electron chi connectivity index (χ1n) is 8.48. The van der Waals surface area contributed by atoms with Gasteiger partial charge in [-0.1, -0.05) is 17.7 Å². The smallest absolute Gasteiger partial charge is 0.247 e. The van der Waals surface area contributed by atoms with Gasteiger partial charge in [0.05, 0.1) is 16.7 Å². The monoisotopic (exact) mass is 368 g/mol. The van der Waals surface area contributed by atoms with Gasteiger partial charge in [0, 0.05) is 12.1 Å². The standard InChI is InChI=1S/C21H18ClFN2O/c1-13-17(10-16-4-2-3-7-25-21(16)26)8-14(12-24)9-18(13)15-5-6-19(22)20(23)11-15/h5-6,8-11H,2-4,7H2,1H3,(H,25,26)/b16-10+. The molecule has 2 aromatic rings. The highest BCUT2D eigenvalue weighted by Crippen LogP contribution is 2.31. The highest BCUT2D eigenvalue weighted by Gasteiger charge is 2.15. The molecule has 0 unspecified atom stereocenters. The van der Waals surface area contributed by atoms with E-state index in [1.54, 1.807) is 18.2 Å². The second kappa shape index (κ2) is 7.72. The lowest BCUT2D eigenvalue weighted by Gasteiger charge is -2.12. The van der Waals surface area contributed by atoms with Crippen LogP contribution in [0, 0.1) is 24.1 Å². The maximum Gasteiger partial charge on any atom is 0.247 e. The molecule has 0 atom stereocenters. The first-order chi connectivity index (χ1) is 12.5. The number of carbonyl (C=O) groups is 1. The van der Waals surface area contributed by atoms with Gasteiger partial charge in [-0.2, -0.15) is 5.26 Å². The van der Waals surface area contributed by atoms with Gasteiger partial charge >= 0.3 is 0 Å². The molecule has 1 aliphatic heterocycles. The number of halogens is 2. The third-order valence-electron chi connectivity index (χ3n) is 4.59. The van der Waals surface area contributed by atoms with Crippen LogP contribution in [0.3, 0.4) is 0 Å². The van der Waals surface area contributed by atoms with Gasteiger partial charge in [0.15, 0.2) is 0 Å². The molecule has 5 heteroatoms. The molecule has 1 fully saturated rings. The number of nitrogens with one attached hydrogen (secondary N) is 1. The molecule has 0 saturated carbocycles. The third-order valence-corrected chi connectivity index (χ3v) is 4.89. The van der Waals surface area contributed by atoms with Crippen molar-refractivity contribution in [3.63, 3.8) is 0 Å². The molecule has 1 aliphatic rings. The topological polar surface area (TPSA) is 52.9 Å². The fourth-order valence-electron chi connectivity index (χ4n) is 3.11. The van der Waals surface area contributed by atoms with Crippen molar-refractivity contribution in [2.45, 2.75) is 26.2 Å². The van der Waals surface area contributed by atoms with Gasteiger partial charge in [-0.05, 0) is 78.8 Å². The first kappa shape index (κ1) is 18.2. The van der Waals surface area contributed by atoms with Crippen LogP contribution in [0.15, 0.2) is 35.9 Å². The predicted molar refractivity (Wildman–Crippen MR) is 101 cm³/mol. The van der Waals surface area contributed by atoms with Crippen LogP contribution < -0.4 is 5.32 Å². The molecule has 1 amide bonds. The quantitative estimate of drug-likeness (QED) is 0.757. The van der Waals surface area contributed by atoms with Crippen LogP contribution in [0.4, 0.5) is 4.39 Å². The van der Waals surface area contributed by atoms with Crippen LogP contribution in [0.25, 0.3) is 17.2 Å². The van der Waals surface area contributed by atoms with E-state index in [9.17, 15) is 14.4 Å². The van der Waals surface area contributed by atoms with E-state index >= 15 is 0 Å². The Morgan fingerprint density at radius 3 is 2.81 bits per heavy atom. The highest BCUT2D eigenvalue weighted by atomic mass is 35.5. The molecular weight excluding hydrogens is 351 g/mol. The summed E-state index contributed by atoms with van der Waals surface area (Å²) >= 11 is 5.78. The molecule has 0 bridgehead atoms. The Bertz CT molecular complexity index is 944. The van der Waals surface area contributed by atoms with Crippen LogP contribution in [0.1, 0.15) is 36.0 Å². The first-order valence-corrected chi connectivity index (χ1v) is 8.86. The number of nitrogens with zero attached hydrogens (tertiary/aromatic N) is 1. The largest absolute Gasteiger partial charge is 0.352 e. The molecule has 3 nitrogen and oxygen atoms in total. The van der Waals surface area contributed by atoms with Crippen LogP contribution in [0.5, 0.6) is 0 Å². The number of amides is 1. The molecule has 1 saturated heterocycles. The molecule has 0 aliphatic carbocycles. The zero-order chi connectivity index (χ0) is 18.7. The Hall–Kier alpha value is -2.64. The lowest BCUT2D eigenvalue weighted by atomic mass is 9.92. The number of hydrogen-bond donors (Lipinski definition) is 1. The average Bonchev–Trinajstić information content (AvgIpc) is 2.83. The summed E-state index contributed by atoms with van der Waals surface area (Å²) in [5, 5.41) is 12.3. The number of rotatable bonds is 2. The Labute approximate surface area is 157 Å². The minimum Gasteiger partial charge on any atom is -0.352 e. The Morgan fingerprint density at radius 2 is 2.08 bits per heavy atom. The summed E-state index contributed by atoms with van der Waals surface area (Å²) in [6, 6.07) is 10.2. The van der Waals surface area contributed by atoms with Gasteiger partial charge < -0.3 is 5.32 Å². The summed E-state index contributed by atoms with van der Waals surface area (Å²) in [7, 11) is 0. The highest BCUT2D eigenvalue weighted by molar-refractivity contribution is 6.30. The van der Waals surface area contributed by atoms with Crippen LogP contribution in [0.2, 0.25) is 5.02 Å². The predicted octanol–water partition coefficient (Wildman–Crippen LogP) is 5.01. The maximum absolute atomic E-state index is 13.9. The van der Waals surface area contributed by atoms with E-state index in [1.807, 2.05) is 13.0 Å². The van der Waals surface area contributed by atoms with Crippen molar-refractivity contribution < 1.29 is 9.18 Å². The van der Waals surface area contributed by atoms with Crippen LogP contribution in [-0.2, 0) is 4.79 Å². The number of nitriles is 1. The maximum atomic E-state index is 13.9. The molecule has 2 aromatic carbocycles. The summed E-state index contributed by atoms with van der Waals surface area (Å²) in [5.41, 5.74) is 4.24. The third kappa shape index (κ3) is 3.79. The second-order valence-corrected chi connectivity index (χ2v) is 6.77. The second-order valence-electron chi connectivity index (χ2n) is 6.36. The minimum absolute atomic E-state index is 0.0558. The average molecular weight is 369 g/mol. The lowest BCUT2D eigenvalue weighted by molar-refractivity contribution is -0.117. The van der Waals surface area contributed by atoms with Gasteiger partial charge in [0.2, 0.25) is 5.91 Å². The molecule has 1 N–H and O–H groups in total. The van der Waals surface area contributed by atoms with E-state index in [4.69, 9.17) is 11.6 Å². The fourth-order valence-corrected chi connectivity index (χ4v) is 3.23. The minimum atomic E-state index is -0.506. The molecule has 3 rings (SSSR count). The van der Waals surface area contributed by atoms with Crippen molar-refractivity contribution in [2.24, 2.45) is 0 Å². The summed E-state index contributed by atoms with van der Waals surface area (Å²) in [6.07, 6.45) is 4.44. The summed E-state index contributed by atoms with van der Waals surface area (Å²) in [4.78, 5) is 12.2. The van der Waals surface area contributed by atoms with E-state index in [2.05, 4.69) is 11.4 Å². The van der Waals surface area contributed by atoms with Crippen molar-refractivity contribution in [1.29, 1.82) is 5.26 Å². The lowest BCUT2D eigenvalue weighted by Crippen LogP contribution is -2.23. The van der Waals surface area contributed by atoms with Crippen LogP contribution in [-0.4, -0.2) is 12.5 Å². The molecule has 0 aromatic heterocycles. The van der Waals surface area contributed by atoms with Crippen molar-refractivity contribution in [2.75, 3.05) is 6.54 Å². The molecular formula is C21H18ClFN2O. The van der Waals surface area contributed by atoms with Crippen molar-refractivity contribution in [1.82, 2.24) is 5.32 Å². The van der Waals surface area contributed by atoms with E-state index < -0.39 is 5.82 Å². The summed E-state index contributed by atoms with van der Waals surface area (Å²) in [6.45, 7) is 2.59. The van der Waals surface area contributed by atoms with Gasteiger partial charge in [-0.15, -0.1) is 0 Å². The molecule has 0 radical (unpaired) electrons. The molecule has 1 heterocycles. The van der Waals surface area contributed by atoms with E-state index in [1.165, 1.54) is 12.1 Å². The Morgan fingerprint density at radius 1 is 1.27 bits per heavy atom. The molecule has 26 heavy (non-hydrogen) atoms. The Kier molecular flexibility index (Phi) is 5.39. The molecule has 0 spiro atoms. The van der Waals surface area contributed by atoms with Crippen molar-refractivity contribution in [3.8, 4) is 17.2 Å². The SMILES string of the molecule is Cc1c(/C=C2\CCCCNC2=O)cc(C#N)cc1-c1ccc(Cl)c(F)c1. The normalized spacial score (nSPS) is 16.1. The van der Waals surface area contributed by atoms with Gasteiger partial charge in [0.1, 0.15) is 5.82 Å². The zero-order valence-corrected chi connectivity index (χ0v) is 15.2. The van der Waals surface area contributed by atoms with Gasteiger partial charge in [-0.3, -0.25) is 4.79 Å². The van der Waals surface area contributed by atoms with E-state index in [0.717, 1.165) is 29.5 Å². The molecule has 132 valence electrons. The summed E-state index contributed by atoms with van der Waals surface area (Å²) < 4.78 is 13.9. The van der Waals surface area contributed by atoms with Crippen molar-refractivity contribution in [3.05, 3.63) is 63.4 Å². The van der Waals surface area contributed by atoms with E-state index in [0.29, 0.717) is 29.7 Å². The van der Waals surface area contributed by atoms with Crippen LogP contribution >= 0.6 is 11.6 Å². The Balaban J connectivity index is 2.13. The summed E-state index contributed by atoms with van der Waals surface area (Å²) in [5.74, 6) is -0.572. The van der Waals surface area contributed by atoms with E-state index in [-0.39, 0.29) is 10.9 Å². The fraction of sp³-hybridized carbons (Fsp3) is 0.238. The van der Waals surface area contributed by atoms with Gasteiger partial charge in [-0.25, -0.2) is 4.39 Å². The van der Waals surface area contributed by atoms with Gasteiger partial charge in [0.25, 0.3) is 0 Å². The number of benzene rings is 2. The number of carbonyl (C=O) groups excluding carboxylic acids is 1. The number of hydrogen-bond acceptors (Lipinski definition) is 2. The zero-order valence-electron chi connectivity index (χ0n) is 14.4.